The Morgan fingerprint density at radius 3 is 2.28 bits per heavy atom. The molecule has 1 amide bonds. The number of rotatable bonds is 14. The van der Waals surface area contributed by atoms with E-state index in [4.69, 9.17) is 14.2 Å². The number of benzene rings is 2. The van der Waals surface area contributed by atoms with E-state index in [0.29, 0.717) is 40.9 Å². The first kappa shape index (κ1) is 30.0. The SMILES string of the molecule is CCCCCCCCCOc1ccc(C(C)(C)C)cc1NC(=O)c1nnn(-c2cc(OC)ccc2OC)c1C. The molecule has 0 radical (unpaired) electrons. The van der Waals surface area contributed by atoms with Crippen LogP contribution in [0.4, 0.5) is 5.69 Å². The van der Waals surface area contributed by atoms with Crippen LogP contribution in [0.1, 0.15) is 94.4 Å². The van der Waals surface area contributed by atoms with E-state index in [2.05, 4.69) is 49.4 Å². The van der Waals surface area contributed by atoms with Gasteiger partial charge in [-0.25, -0.2) is 4.68 Å². The number of nitrogens with one attached hydrogen (secondary N) is 1. The Kier molecular flexibility index (Phi) is 10.8. The van der Waals surface area contributed by atoms with Crippen LogP contribution in [0.3, 0.4) is 0 Å². The minimum absolute atomic E-state index is 0.0849. The number of amides is 1. The molecule has 39 heavy (non-hydrogen) atoms. The normalized spacial score (nSPS) is 11.4. The molecule has 0 saturated carbocycles. The lowest BCUT2D eigenvalue weighted by molar-refractivity contribution is 0.102. The minimum Gasteiger partial charge on any atom is -0.497 e. The van der Waals surface area contributed by atoms with Gasteiger partial charge in [0.2, 0.25) is 0 Å². The number of hydrogen-bond acceptors (Lipinski definition) is 6. The van der Waals surface area contributed by atoms with E-state index >= 15 is 0 Å². The van der Waals surface area contributed by atoms with Gasteiger partial charge in [0, 0.05) is 6.07 Å². The van der Waals surface area contributed by atoms with Gasteiger partial charge in [-0.1, -0.05) is 77.5 Å². The number of anilines is 1. The summed E-state index contributed by atoms with van der Waals surface area (Å²) in [5, 5.41) is 11.5. The summed E-state index contributed by atoms with van der Waals surface area (Å²) in [7, 11) is 3.18. The van der Waals surface area contributed by atoms with Gasteiger partial charge in [-0.3, -0.25) is 4.79 Å². The summed E-state index contributed by atoms with van der Waals surface area (Å²) in [6.45, 7) is 11.1. The molecule has 1 N–H and O–H groups in total. The Balaban J connectivity index is 1.78. The number of unbranched alkanes of at least 4 members (excludes halogenated alkanes) is 6. The molecule has 0 spiro atoms. The molecule has 8 heteroatoms. The molecule has 0 saturated heterocycles. The Labute approximate surface area is 233 Å². The van der Waals surface area contributed by atoms with Gasteiger partial charge in [-0.15, -0.1) is 5.10 Å². The van der Waals surface area contributed by atoms with Crippen LogP contribution in [0.2, 0.25) is 0 Å². The van der Waals surface area contributed by atoms with Crippen molar-refractivity contribution in [3.8, 4) is 22.9 Å². The van der Waals surface area contributed by atoms with Crippen molar-refractivity contribution in [3.63, 3.8) is 0 Å². The summed E-state index contributed by atoms with van der Waals surface area (Å²) in [6, 6.07) is 11.4. The molecule has 2 aromatic carbocycles. The monoisotopic (exact) mass is 536 g/mol. The van der Waals surface area contributed by atoms with E-state index in [1.165, 1.54) is 32.1 Å². The van der Waals surface area contributed by atoms with Gasteiger partial charge in [0.05, 0.1) is 32.2 Å². The van der Waals surface area contributed by atoms with Crippen molar-refractivity contribution in [2.24, 2.45) is 0 Å². The molecule has 1 aromatic heterocycles. The average Bonchev–Trinajstić information content (AvgIpc) is 3.30. The van der Waals surface area contributed by atoms with Crippen LogP contribution in [0.5, 0.6) is 17.2 Å². The highest BCUT2D eigenvalue weighted by Gasteiger charge is 2.22. The molecule has 0 aliphatic heterocycles. The summed E-state index contributed by atoms with van der Waals surface area (Å²) >= 11 is 0. The summed E-state index contributed by atoms with van der Waals surface area (Å²) in [4.78, 5) is 13.4. The Bertz CT molecular complexity index is 1230. The molecule has 212 valence electrons. The summed E-state index contributed by atoms with van der Waals surface area (Å²) in [5.41, 5.74) is 3.08. The van der Waals surface area contributed by atoms with E-state index in [1.807, 2.05) is 12.1 Å². The molecule has 8 nitrogen and oxygen atoms in total. The van der Waals surface area contributed by atoms with Gasteiger partial charge in [0.15, 0.2) is 5.69 Å². The number of carbonyl (C=O) groups excluding carboxylic acids is 1. The van der Waals surface area contributed by atoms with Gasteiger partial charge in [0.25, 0.3) is 5.91 Å². The van der Waals surface area contributed by atoms with Crippen LogP contribution in [0.25, 0.3) is 5.69 Å². The van der Waals surface area contributed by atoms with E-state index in [1.54, 1.807) is 44.0 Å². The van der Waals surface area contributed by atoms with Crippen LogP contribution in [-0.4, -0.2) is 41.7 Å². The molecule has 0 atom stereocenters. The molecular formula is C31H44N4O4. The second-order valence-corrected chi connectivity index (χ2v) is 10.9. The maximum absolute atomic E-state index is 13.4. The number of aromatic nitrogens is 3. The highest BCUT2D eigenvalue weighted by molar-refractivity contribution is 6.04. The topological polar surface area (TPSA) is 87.5 Å². The fraction of sp³-hybridized carbons (Fsp3) is 0.516. The van der Waals surface area contributed by atoms with Crippen LogP contribution >= 0.6 is 0 Å². The van der Waals surface area contributed by atoms with Gasteiger partial charge >= 0.3 is 0 Å². The van der Waals surface area contributed by atoms with Gasteiger partial charge in [0.1, 0.15) is 22.9 Å². The highest BCUT2D eigenvalue weighted by Crippen LogP contribution is 2.33. The van der Waals surface area contributed by atoms with Crippen molar-refractivity contribution in [1.29, 1.82) is 0 Å². The van der Waals surface area contributed by atoms with E-state index in [0.717, 1.165) is 18.4 Å². The molecule has 0 unspecified atom stereocenters. The van der Waals surface area contributed by atoms with E-state index < -0.39 is 0 Å². The maximum Gasteiger partial charge on any atom is 0.278 e. The van der Waals surface area contributed by atoms with Crippen molar-refractivity contribution in [3.05, 3.63) is 53.3 Å². The van der Waals surface area contributed by atoms with Crippen LogP contribution < -0.4 is 19.5 Å². The van der Waals surface area contributed by atoms with E-state index in [-0.39, 0.29) is 17.0 Å². The summed E-state index contributed by atoms with van der Waals surface area (Å²) < 4.78 is 18.6. The number of nitrogens with zero attached hydrogens (tertiary/aromatic N) is 3. The lowest BCUT2D eigenvalue weighted by atomic mass is 9.87. The van der Waals surface area contributed by atoms with Crippen LogP contribution in [-0.2, 0) is 5.41 Å². The number of methoxy groups -OCH3 is 2. The standard InChI is InChI=1S/C31H44N4O4/c1-8-9-10-11-12-13-14-19-39-27-17-15-23(31(3,4)5)20-25(27)32-30(36)29-22(2)35(34-33-29)26-21-24(37-6)16-18-28(26)38-7/h15-18,20-21H,8-14,19H2,1-7H3,(H,32,36). The number of carbonyl (C=O) groups is 1. The molecule has 0 bridgehead atoms. The second-order valence-electron chi connectivity index (χ2n) is 10.9. The van der Waals surface area contributed by atoms with Gasteiger partial charge in [-0.2, -0.15) is 0 Å². The zero-order valence-corrected chi connectivity index (χ0v) is 24.6. The first-order valence-corrected chi connectivity index (χ1v) is 13.9. The second kappa shape index (κ2) is 14.0. The Morgan fingerprint density at radius 1 is 0.923 bits per heavy atom. The largest absolute Gasteiger partial charge is 0.497 e. The zero-order chi connectivity index (χ0) is 28.4. The Hall–Kier alpha value is -3.55. The van der Waals surface area contributed by atoms with Crippen molar-refractivity contribution < 1.29 is 19.0 Å². The predicted octanol–water partition coefficient (Wildman–Crippen LogP) is 7.27. The Morgan fingerprint density at radius 2 is 1.62 bits per heavy atom. The first-order chi connectivity index (χ1) is 18.7. The van der Waals surface area contributed by atoms with Gasteiger partial charge in [-0.05, 0) is 48.6 Å². The highest BCUT2D eigenvalue weighted by atomic mass is 16.5. The molecule has 0 fully saturated rings. The molecule has 3 rings (SSSR count). The average molecular weight is 537 g/mol. The molecule has 0 aliphatic rings. The quantitative estimate of drug-likeness (QED) is 0.218. The van der Waals surface area contributed by atoms with Crippen molar-refractivity contribution in [1.82, 2.24) is 15.0 Å². The number of ether oxygens (including phenoxy) is 3. The molecule has 3 aromatic rings. The molecular weight excluding hydrogens is 492 g/mol. The third-order valence-corrected chi connectivity index (χ3v) is 6.82. The predicted molar refractivity (Wildman–Crippen MR) is 156 cm³/mol. The molecule has 1 heterocycles. The lowest BCUT2D eigenvalue weighted by Crippen LogP contribution is -2.17. The van der Waals surface area contributed by atoms with Crippen LogP contribution in [0.15, 0.2) is 36.4 Å². The minimum atomic E-state index is -0.354. The third kappa shape index (κ3) is 7.97. The fourth-order valence-corrected chi connectivity index (χ4v) is 4.37. The molecule has 0 aliphatic carbocycles. The van der Waals surface area contributed by atoms with Crippen LogP contribution in [0, 0.1) is 6.92 Å². The summed E-state index contributed by atoms with van der Waals surface area (Å²) in [5.74, 6) is 1.54. The smallest absolute Gasteiger partial charge is 0.278 e. The zero-order valence-electron chi connectivity index (χ0n) is 24.6. The van der Waals surface area contributed by atoms with Crippen molar-refractivity contribution in [2.45, 2.75) is 85.0 Å². The van der Waals surface area contributed by atoms with E-state index in [9.17, 15) is 4.79 Å². The third-order valence-electron chi connectivity index (χ3n) is 6.82. The fourth-order valence-electron chi connectivity index (χ4n) is 4.37. The van der Waals surface area contributed by atoms with Crippen molar-refractivity contribution >= 4 is 11.6 Å². The van der Waals surface area contributed by atoms with Crippen molar-refractivity contribution in [2.75, 3.05) is 26.1 Å². The van der Waals surface area contributed by atoms with Gasteiger partial charge < -0.3 is 19.5 Å². The lowest BCUT2D eigenvalue weighted by Gasteiger charge is -2.21. The number of hydrogen-bond donors (Lipinski definition) is 1. The first-order valence-electron chi connectivity index (χ1n) is 13.9. The maximum atomic E-state index is 13.4. The summed E-state index contributed by atoms with van der Waals surface area (Å²) in [6.07, 6.45) is 8.49.